The summed E-state index contributed by atoms with van der Waals surface area (Å²) in [5.74, 6) is 0.405. The van der Waals surface area contributed by atoms with E-state index in [-0.39, 0.29) is 18.0 Å². The van der Waals surface area contributed by atoms with Crippen molar-refractivity contribution < 1.29 is 14.5 Å². The first-order valence-corrected chi connectivity index (χ1v) is 5.23. The normalized spacial score (nSPS) is 14.5. The predicted octanol–water partition coefficient (Wildman–Crippen LogP) is 0.818. The van der Waals surface area contributed by atoms with Gasteiger partial charge in [-0.1, -0.05) is 0 Å². The number of carbonyl (C=O) groups is 1. The SMILES string of the molecule is COc1ccc([N+](=O)[O-])c2c1CCNC(=O)C2. The lowest BCUT2D eigenvalue weighted by molar-refractivity contribution is -0.385. The van der Waals surface area contributed by atoms with E-state index < -0.39 is 4.92 Å². The van der Waals surface area contributed by atoms with Crippen molar-refractivity contribution in [1.82, 2.24) is 5.32 Å². The second-order valence-corrected chi connectivity index (χ2v) is 3.78. The third kappa shape index (κ3) is 2.06. The van der Waals surface area contributed by atoms with E-state index in [4.69, 9.17) is 4.74 Å². The zero-order valence-electron chi connectivity index (χ0n) is 9.36. The van der Waals surface area contributed by atoms with E-state index >= 15 is 0 Å². The Labute approximate surface area is 97.7 Å². The van der Waals surface area contributed by atoms with Gasteiger partial charge < -0.3 is 10.1 Å². The average molecular weight is 236 g/mol. The van der Waals surface area contributed by atoms with Gasteiger partial charge in [0, 0.05) is 23.7 Å². The van der Waals surface area contributed by atoms with Crippen LogP contribution in [0.2, 0.25) is 0 Å². The summed E-state index contributed by atoms with van der Waals surface area (Å²) in [6, 6.07) is 2.96. The molecular weight excluding hydrogens is 224 g/mol. The zero-order valence-corrected chi connectivity index (χ0v) is 9.36. The van der Waals surface area contributed by atoms with Crippen molar-refractivity contribution in [2.45, 2.75) is 12.8 Å². The third-order valence-corrected chi connectivity index (χ3v) is 2.81. The summed E-state index contributed by atoms with van der Waals surface area (Å²) in [6.07, 6.45) is 0.578. The Morgan fingerprint density at radius 2 is 2.18 bits per heavy atom. The molecule has 17 heavy (non-hydrogen) atoms. The van der Waals surface area contributed by atoms with Crippen LogP contribution in [0, 0.1) is 10.1 Å². The number of nitrogens with zero attached hydrogens (tertiary/aromatic N) is 1. The van der Waals surface area contributed by atoms with Crippen LogP contribution in [0.4, 0.5) is 5.69 Å². The van der Waals surface area contributed by atoms with Crippen molar-refractivity contribution in [3.63, 3.8) is 0 Å². The number of nitro benzene ring substituents is 1. The van der Waals surface area contributed by atoms with Gasteiger partial charge in [0.1, 0.15) is 5.75 Å². The Hall–Kier alpha value is -2.11. The van der Waals surface area contributed by atoms with Crippen molar-refractivity contribution in [3.8, 4) is 5.75 Å². The van der Waals surface area contributed by atoms with E-state index in [0.29, 0.717) is 24.3 Å². The number of ether oxygens (including phenoxy) is 1. The number of methoxy groups -OCH3 is 1. The van der Waals surface area contributed by atoms with Crippen molar-refractivity contribution in [3.05, 3.63) is 33.4 Å². The molecule has 0 saturated carbocycles. The Morgan fingerprint density at radius 3 is 2.82 bits per heavy atom. The van der Waals surface area contributed by atoms with Crippen LogP contribution in [-0.2, 0) is 17.6 Å². The zero-order chi connectivity index (χ0) is 12.4. The second kappa shape index (κ2) is 4.40. The lowest BCUT2D eigenvalue weighted by atomic mass is 9.99. The number of nitro groups is 1. The van der Waals surface area contributed by atoms with Gasteiger partial charge in [0.15, 0.2) is 0 Å². The quantitative estimate of drug-likeness (QED) is 0.608. The second-order valence-electron chi connectivity index (χ2n) is 3.78. The Bertz CT molecular complexity index is 485. The monoisotopic (exact) mass is 236 g/mol. The summed E-state index contributed by atoms with van der Waals surface area (Å²) in [6.45, 7) is 0.476. The number of hydrogen-bond donors (Lipinski definition) is 1. The van der Waals surface area contributed by atoms with Crippen molar-refractivity contribution in [2.75, 3.05) is 13.7 Å². The van der Waals surface area contributed by atoms with E-state index in [1.165, 1.54) is 13.2 Å². The molecule has 1 N–H and O–H groups in total. The molecule has 1 aromatic rings. The van der Waals surface area contributed by atoms with Crippen molar-refractivity contribution >= 4 is 11.6 Å². The van der Waals surface area contributed by atoms with E-state index in [0.717, 1.165) is 5.56 Å². The summed E-state index contributed by atoms with van der Waals surface area (Å²) in [5, 5.41) is 13.6. The van der Waals surface area contributed by atoms with Crippen LogP contribution in [0.5, 0.6) is 5.75 Å². The number of nitrogens with one attached hydrogen (secondary N) is 1. The van der Waals surface area contributed by atoms with Gasteiger partial charge in [-0.3, -0.25) is 14.9 Å². The number of rotatable bonds is 2. The molecule has 0 atom stereocenters. The lowest BCUT2D eigenvalue weighted by Crippen LogP contribution is -2.24. The molecule has 0 radical (unpaired) electrons. The van der Waals surface area contributed by atoms with Gasteiger partial charge in [-0.2, -0.15) is 0 Å². The first-order chi connectivity index (χ1) is 8.13. The first-order valence-electron chi connectivity index (χ1n) is 5.23. The molecule has 1 amide bonds. The smallest absolute Gasteiger partial charge is 0.273 e. The molecule has 1 aromatic carbocycles. The van der Waals surface area contributed by atoms with Crippen LogP contribution >= 0.6 is 0 Å². The molecule has 0 spiro atoms. The molecule has 2 rings (SSSR count). The van der Waals surface area contributed by atoms with Crippen LogP contribution in [0.1, 0.15) is 11.1 Å². The lowest BCUT2D eigenvalue weighted by Gasteiger charge is -2.10. The average Bonchev–Trinajstić information content (AvgIpc) is 2.48. The fraction of sp³-hybridized carbons (Fsp3) is 0.364. The summed E-state index contributed by atoms with van der Waals surface area (Å²) in [7, 11) is 1.52. The van der Waals surface area contributed by atoms with Gasteiger partial charge in [-0.05, 0) is 12.5 Å². The number of carbonyl (C=O) groups excluding carboxylic acids is 1. The molecule has 0 bridgehead atoms. The molecule has 90 valence electrons. The largest absolute Gasteiger partial charge is 0.496 e. The molecule has 1 aliphatic rings. The van der Waals surface area contributed by atoms with Crippen LogP contribution in [-0.4, -0.2) is 24.5 Å². The summed E-state index contributed by atoms with van der Waals surface area (Å²) in [5.41, 5.74) is 1.20. The van der Waals surface area contributed by atoms with E-state index in [9.17, 15) is 14.9 Å². The first kappa shape index (κ1) is 11.4. The van der Waals surface area contributed by atoms with Crippen LogP contribution in [0.15, 0.2) is 12.1 Å². The highest BCUT2D eigenvalue weighted by molar-refractivity contribution is 5.81. The number of amides is 1. The molecule has 1 aliphatic heterocycles. The molecule has 6 nitrogen and oxygen atoms in total. The van der Waals surface area contributed by atoms with Gasteiger partial charge >= 0.3 is 0 Å². The van der Waals surface area contributed by atoms with Crippen molar-refractivity contribution in [2.24, 2.45) is 0 Å². The van der Waals surface area contributed by atoms with Gasteiger partial charge in [0.25, 0.3) is 5.69 Å². The summed E-state index contributed by atoms with van der Waals surface area (Å²) < 4.78 is 5.18. The maximum Gasteiger partial charge on any atom is 0.273 e. The molecule has 1 heterocycles. The number of fused-ring (bicyclic) bond motifs is 1. The topological polar surface area (TPSA) is 81.5 Å². The predicted molar refractivity (Wildman–Crippen MR) is 60.1 cm³/mol. The molecule has 0 aliphatic carbocycles. The number of hydrogen-bond acceptors (Lipinski definition) is 4. The minimum atomic E-state index is -0.461. The fourth-order valence-corrected chi connectivity index (χ4v) is 2.04. The minimum absolute atomic E-state index is 0.0159. The summed E-state index contributed by atoms with van der Waals surface area (Å²) >= 11 is 0. The highest BCUT2D eigenvalue weighted by Crippen LogP contribution is 2.32. The van der Waals surface area contributed by atoms with Gasteiger partial charge in [0.2, 0.25) is 5.91 Å². The third-order valence-electron chi connectivity index (χ3n) is 2.81. The van der Waals surface area contributed by atoms with Crippen LogP contribution in [0.25, 0.3) is 0 Å². The maximum atomic E-state index is 11.4. The van der Waals surface area contributed by atoms with Crippen LogP contribution < -0.4 is 10.1 Å². The maximum absolute atomic E-state index is 11.4. The molecule has 0 aromatic heterocycles. The molecule has 0 saturated heterocycles. The standard InChI is InChI=1S/C11H12N2O4/c1-17-10-3-2-9(13(15)16)8-6-11(14)12-5-4-7(8)10/h2-3H,4-6H2,1H3,(H,12,14). The highest BCUT2D eigenvalue weighted by atomic mass is 16.6. The molecular formula is C11H12N2O4. The Kier molecular flexibility index (Phi) is 2.95. The van der Waals surface area contributed by atoms with Gasteiger partial charge in [0.05, 0.1) is 18.5 Å². The Morgan fingerprint density at radius 1 is 1.41 bits per heavy atom. The van der Waals surface area contributed by atoms with Crippen LogP contribution in [0.3, 0.4) is 0 Å². The Balaban J connectivity index is 2.60. The number of benzene rings is 1. The summed E-state index contributed by atoms with van der Waals surface area (Å²) in [4.78, 5) is 21.9. The van der Waals surface area contributed by atoms with E-state index in [1.54, 1.807) is 6.07 Å². The van der Waals surface area contributed by atoms with Gasteiger partial charge in [-0.25, -0.2) is 0 Å². The minimum Gasteiger partial charge on any atom is -0.496 e. The molecule has 6 heteroatoms. The molecule has 0 fully saturated rings. The van der Waals surface area contributed by atoms with Gasteiger partial charge in [-0.15, -0.1) is 0 Å². The highest BCUT2D eigenvalue weighted by Gasteiger charge is 2.25. The van der Waals surface area contributed by atoms with Crippen molar-refractivity contribution in [1.29, 1.82) is 0 Å². The van der Waals surface area contributed by atoms with E-state index in [1.807, 2.05) is 0 Å². The fourth-order valence-electron chi connectivity index (χ4n) is 2.04. The van der Waals surface area contributed by atoms with E-state index in [2.05, 4.69) is 5.32 Å². The molecule has 0 unspecified atom stereocenters.